The maximum absolute atomic E-state index is 12.0. The van der Waals surface area contributed by atoms with Gasteiger partial charge in [0, 0.05) is 18.7 Å². The van der Waals surface area contributed by atoms with Gasteiger partial charge in [0.15, 0.2) is 6.29 Å². The van der Waals surface area contributed by atoms with Gasteiger partial charge in [-0.15, -0.1) is 0 Å². The molecule has 0 bridgehead atoms. The van der Waals surface area contributed by atoms with Crippen LogP contribution in [-0.4, -0.2) is 25.1 Å². The topological polar surface area (TPSA) is 57.5 Å². The van der Waals surface area contributed by atoms with Crippen LogP contribution in [0, 0.1) is 0 Å². The molecule has 0 radical (unpaired) electrons. The summed E-state index contributed by atoms with van der Waals surface area (Å²) in [6.07, 6.45) is 0.553. The highest BCUT2D eigenvalue weighted by molar-refractivity contribution is 5.76. The lowest BCUT2D eigenvalue weighted by Crippen LogP contribution is -2.21. The molecule has 0 N–H and O–H groups in total. The second-order valence-corrected chi connectivity index (χ2v) is 4.22. The number of hydrogen-bond acceptors (Lipinski definition) is 4. The van der Waals surface area contributed by atoms with Crippen LogP contribution in [0.25, 0.3) is 11.3 Å². The molecule has 0 aliphatic heterocycles. The van der Waals surface area contributed by atoms with Crippen molar-refractivity contribution in [2.45, 2.75) is 0 Å². The predicted molar refractivity (Wildman–Crippen MR) is 75.6 cm³/mol. The number of nitrogens with zero attached hydrogens (tertiary/aromatic N) is 1. The van der Waals surface area contributed by atoms with Gasteiger partial charge in [-0.25, -0.2) is 0 Å². The third kappa shape index (κ3) is 2.30. The minimum absolute atomic E-state index is 0.128. The van der Waals surface area contributed by atoms with Crippen molar-refractivity contribution in [2.75, 3.05) is 14.2 Å². The first-order chi connectivity index (χ1) is 9.62. The number of pyridine rings is 1. The average Bonchev–Trinajstić information content (AvgIpc) is 2.49. The largest absolute Gasteiger partial charge is 0.497 e. The molecule has 0 spiro atoms. The quantitative estimate of drug-likeness (QED) is 0.798. The Hall–Kier alpha value is -2.56. The Kier molecular flexibility index (Phi) is 3.89. The first-order valence-electron chi connectivity index (χ1n) is 6.00. The maximum Gasteiger partial charge on any atom is 0.261 e. The summed E-state index contributed by atoms with van der Waals surface area (Å²) >= 11 is 0. The zero-order chi connectivity index (χ0) is 14.7. The Morgan fingerprint density at radius 1 is 1.10 bits per heavy atom. The molecule has 1 aromatic heterocycles. The standard InChI is InChI=1S/C15H15NO4/c1-16-13(7-4-10(9-17)15(16)18)12-6-5-11(19-2)8-14(12)20-3/h4-9H,1-3H3. The van der Waals surface area contributed by atoms with E-state index in [2.05, 4.69) is 0 Å². The van der Waals surface area contributed by atoms with Gasteiger partial charge in [-0.3, -0.25) is 9.59 Å². The fraction of sp³-hybridized carbons (Fsp3) is 0.200. The Labute approximate surface area is 116 Å². The lowest BCUT2D eigenvalue weighted by molar-refractivity contribution is 0.112. The maximum atomic E-state index is 12.0. The number of ether oxygens (including phenoxy) is 2. The highest BCUT2D eigenvalue weighted by Crippen LogP contribution is 2.32. The molecule has 1 heterocycles. The van der Waals surface area contributed by atoms with Crippen LogP contribution < -0.4 is 15.0 Å². The van der Waals surface area contributed by atoms with Crippen molar-refractivity contribution in [3.05, 3.63) is 46.2 Å². The van der Waals surface area contributed by atoms with E-state index < -0.39 is 0 Å². The number of methoxy groups -OCH3 is 2. The number of benzene rings is 1. The van der Waals surface area contributed by atoms with E-state index in [9.17, 15) is 9.59 Å². The third-order valence-corrected chi connectivity index (χ3v) is 3.15. The van der Waals surface area contributed by atoms with Crippen molar-refractivity contribution in [3.63, 3.8) is 0 Å². The fourth-order valence-corrected chi connectivity index (χ4v) is 2.03. The molecule has 5 nitrogen and oxygen atoms in total. The minimum Gasteiger partial charge on any atom is -0.497 e. The van der Waals surface area contributed by atoms with Crippen LogP contribution in [-0.2, 0) is 7.05 Å². The number of aromatic nitrogens is 1. The zero-order valence-corrected chi connectivity index (χ0v) is 11.5. The molecule has 1 aromatic carbocycles. The van der Waals surface area contributed by atoms with Crippen LogP contribution in [0.15, 0.2) is 35.1 Å². The summed E-state index contributed by atoms with van der Waals surface area (Å²) in [5.41, 5.74) is 1.21. The summed E-state index contributed by atoms with van der Waals surface area (Å²) in [7, 11) is 4.74. The van der Waals surface area contributed by atoms with E-state index in [4.69, 9.17) is 9.47 Å². The van der Waals surface area contributed by atoms with Gasteiger partial charge >= 0.3 is 0 Å². The minimum atomic E-state index is -0.338. The van der Waals surface area contributed by atoms with Crippen LogP contribution >= 0.6 is 0 Å². The van der Waals surface area contributed by atoms with Gasteiger partial charge in [-0.1, -0.05) is 0 Å². The van der Waals surface area contributed by atoms with Crippen molar-refractivity contribution in [1.29, 1.82) is 0 Å². The Morgan fingerprint density at radius 3 is 2.45 bits per heavy atom. The van der Waals surface area contributed by atoms with Crippen LogP contribution in [0.3, 0.4) is 0 Å². The van der Waals surface area contributed by atoms with E-state index in [1.54, 1.807) is 39.5 Å². The molecule has 0 saturated carbocycles. The number of rotatable bonds is 4. The molecule has 2 aromatic rings. The Balaban J connectivity index is 2.66. The molecular formula is C15H15NO4. The highest BCUT2D eigenvalue weighted by Gasteiger charge is 2.12. The summed E-state index contributed by atoms with van der Waals surface area (Å²) in [6.45, 7) is 0. The summed E-state index contributed by atoms with van der Waals surface area (Å²) in [6, 6.07) is 8.57. The first-order valence-corrected chi connectivity index (χ1v) is 6.00. The van der Waals surface area contributed by atoms with Crippen LogP contribution in [0.4, 0.5) is 0 Å². The van der Waals surface area contributed by atoms with Gasteiger partial charge in [-0.2, -0.15) is 0 Å². The third-order valence-electron chi connectivity index (χ3n) is 3.15. The summed E-state index contributed by atoms with van der Waals surface area (Å²) in [4.78, 5) is 22.8. The van der Waals surface area contributed by atoms with E-state index >= 15 is 0 Å². The molecule has 0 aliphatic carbocycles. The smallest absolute Gasteiger partial charge is 0.261 e. The molecule has 2 rings (SSSR count). The average molecular weight is 273 g/mol. The SMILES string of the molecule is COc1ccc(-c2ccc(C=O)c(=O)n2C)c(OC)c1. The van der Waals surface area contributed by atoms with E-state index in [0.29, 0.717) is 23.5 Å². The molecule has 5 heteroatoms. The lowest BCUT2D eigenvalue weighted by atomic mass is 10.1. The van der Waals surface area contributed by atoms with Gasteiger partial charge in [0.25, 0.3) is 5.56 Å². The predicted octanol–water partition coefficient (Wildman–Crippen LogP) is 1.88. The number of aldehydes is 1. The second-order valence-electron chi connectivity index (χ2n) is 4.22. The Bertz CT molecular complexity index is 704. The first kappa shape index (κ1) is 13.9. The van der Waals surface area contributed by atoms with Crippen molar-refractivity contribution in [2.24, 2.45) is 7.05 Å². The summed E-state index contributed by atoms with van der Waals surface area (Å²) in [5.74, 6) is 1.26. The molecule has 0 atom stereocenters. The van der Waals surface area contributed by atoms with Crippen LogP contribution in [0.5, 0.6) is 11.5 Å². The molecule has 0 saturated heterocycles. The molecular weight excluding hydrogens is 258 g/mol. The zero-order valence-electron chi connectivity index (χ0n) is 11.5. The van der Waals surface area contributed by atoms with Gasteiger partial charge < -0.3 is 14.0 Å². The Morgan fingerprint density at radius 2 is 1.85 bits per heavy atom. The fourth-order valence-electron chi connectivity index (χ4n) is 2.03. The number of carbonyl (C=O) groups excluding carboxylic acids is 1. The highest BCUT2D eigenvalue weighted by atomic mass is 16.5. The molecule has 0 aliphatic rings. The van der Waals surface area contributed by atoms with E-state index in [1.807, 2.05) is 6.07 Å². The second kappa shape index (κ2) is 5.61. The van der Waals surface area contributed by atoms with E-state index in [0.717, 1.165) is 5.56 Å². The van der Waals surface area contributed by atoms with Gasteiger partial charge in [0.2, 0.25) is 0 Å². The van der Waals surface area contributed by atoms with E-state index in [1.165, 1.54) is 10.6 Å². The molecule has 0 unspecified atom stereocenters. The normalized spacial score (nSPS) is 10.2. The van der Waals surface area contributed by atoms with Crippen molar-refractivity contribution >= 4 is 6.29 Å². The van der Waals surface area contributed by atoms with Gasteiger partial charge in [-0.05, 0) is 24.3 Å². The van der Waals surface area contributed by atoms with Crippen molar-refractivity contribution in [1.82, 2.24) is 4.57 Å². The molecule has 20 heavy (non-hydrogen) atoms. The molecule has 104 valence electrons. The summed E-state index contributed by atoms with van der Waals surface area (Å²) in [5, 5.41) is 0. The number of carbonyl (C=O) groups is 1. The van der Waals surface area contributed by atoms with Gasteiger partial charge in [0.05, 0.1) is 25.5 Å². The number of hydrogen-bond donors (Lipinski definition) is 0. The van der Waals surface area contributed by atoms with Gasteiger partial charge in [0.1, 0.15) is 11.5 Å². The van der Waals surface area contributed by atoms with E-state index in [-0.39, 0.29) is 11.1 Å². The molecule has 0 amide bonds. The van der Waals surface area contributed by atoms with Crippen LogP contribution in [0.2, 0.25) is 0 Å². The van der Waals surface area contributed by atoms with Crippen molar-refractivity contribution in [3.8, 4) is 22.8 Å². The summed E-state index contributed by atoms with van der Waals surface area (Å²) < 4.78 is 11.9. The van der Waals surface area contributed by atoms with Crippen LogP contribution in [0.1, 0.15) is 10.4 Å². The lowest BCUT2D eigenvalue weighted by Gasteiger charge is -2.13. The van der Waals surface area contributed by atoms with Crippen molar-refractivity contribution < 1.29 is 14.3 Å². The monoisotopic (exact) mass is 273 g/mol. The molecule has 0 fully saturated rings.